The van der Waals surface area contributed by atoms with Crippen LogP contribution in [-0.2, 0) is 9.53 Å². The van der Waals surface area contributed by atoms with Crippen LogP contribution in [0.4, 0.5) is 0 Å². The molecule has 0 fully saturated rings. The highest BCUT2D eigenvalue weighted by atomic mass is 35.5. The second-order valence-corrected chi connectivity index (χ2v) is 8.77. The van der Waals surface area contributed by atoms with E-state index in [2.05, 4.69) is 10.9 Å². The third kappa shape index (κ3) is 4.43. The molecule has 34 heavy (non-hydrogen) atoms. The Balaban J connectivity index is 1.95. The molecule has 8 heteroatoms. The minimum absolute atomic E-state index is 0.112. The molecule has 1 aliphatic heterocycles. The zero-order chi connectivity index (χ0) is 24.2. The molecule has 1 atom stereocenters. The molecule has 0 saturated carbocycles. The highest BCUT2D eigenvalue weighted by Gasteiger charge is 2.34. The minimum Gasteiger partial charge on any atom is -0.480 e. The normalized spacial score (nSPS) is 15.4. The molecule has 0 N–H and O–H groups in total. The molecule has 0 bridgehead atoms. The number of hydrogen-bond donors (Lipinski definition) is 0. The van der Waals surface area contributed by atoms with Crippen molar-refractivity contribution in [2.24, 2.45) is 4.99 Å². The molecule has 1 aromatic heterocycles. The lowest BCUT2D eigenvalue weighted by molar-refractivity contribution is -0.139. The number of terminal acetylenes is 1. The molecule has 0 saturated heterocycles. The standard InChI is InChI=1S/C26H21ClN2O4S/c1-4-14-33-20-13-9-6-10-17(20)15-21-24(30)29-23(18-11-7-8-12-19(18)27)22(25(31)32-5-2)16(3)28-26(29)34-21/h1,6-13,15,23H,5,14H2,2-3H3/b21-15-/t23-/m0/s1. The van der Waals surface area contributed by atoms with E-state index < -0.39 is 12.0 Å². The SMILES string of the molecule is C#CCOc1ccccc1/C=c1\sc2n(c1=O)[C@@H](c1ccccc1Cl)C(C(=O)OCC)=C(C)N=2. The van der Waals surface area contributed by atoms with Crippen molar-refractivity contribution in [3.8, 4) is 18.1 Å². The van der Waals surface area contributed by atoms with Gasteiger partial charge in [0, 0.05) is 10.6 Å². The third-order valence-electron chi connectivity index (χ3n) is 5.23. The Hall–Kier alpha value is -3.60. The largest absolute Gasteiger partial charge is 0.480 e. The van der Waals surface area contributed by atoms with Crippen LogP contribution in [0.1, 0.15) is 31.0 Å². The molecular weight excluding hydrogens is 472 g/mol. The van der Waals surface area contributed by atoms with Crippen LogP contribution in [0, 0.1) is 12.3 Å². The topological polar surface area (TPSA) is 69.9 Å². The van der Waals surface area contributed by atoms with E-state index in [-0.39, 0.29) is 24.3 Å². The number of esters is 1. The van der Waals surface area contributed by atoms with Crippen LogP contribution in [0.25, 0.3) is 6.08 Å². The van der Waals surface area contributed by atoms with E-state index in [0.29, 0.717) is 36.9 Å². The predicted molar refractivity (Wildman–Crippen MR) is 133 cm³/mol. The number of carbonyl (C=O) groups excluding carboxylic acids is 1. The van der Waals surface area contributed by atoms with Crippen molar-refractivity contribution in [1.29, 1.82) is 0 Å². The fourth-order valence-corrected chi connectivity index (χ4v) is 5.05. The van der Waals surface area contributed by atoms with Crippen molar-refractivity contribution >= 4 is 35.0 Å². The molecule has 2 aromatic carbocycles. The molecule has 0 amide bonds. The van der Waals surface area contributed by atoms with Gasteiger partial charge in [-0.2, -0.15) is 0 Å². The van der Waals surface area contributed by atoms with Gasteiger partial charge in [-0.15, -0.1) is 6.42 Å². The smallest absolute Gasteiger partial charge is 0.338 e. The lowest BCUT2D eigenvalue weighted by Crippen LogP contribution is -2.40. The van der Waals surface area contributed by atoms with E-state index in [1.54, 1.807) is 44.2 Å². The van der Waals surface area contributed by atoms with Crippen LogP contribution in [0.5, 0.6) is 5.75 Å². The summed E-state index contributed by atoms with van der Waals surface area (Å²) in [6.07, 6.45) is 7.06. The summed E-state index contributed by atoms with van der Waals surface area (Å²) in [6, 6.07) is 13.7. The van der Waals surface area contributed by atoms with Crippen LogP contribution in [-0.4, -0.2) is 23.8 Å². The Morgan fingerprint density at radius 2 is 2.00 bits per heavy atom. The summed E-state index contributed by atoms with van der Waals surface area (Å²) in [5.41, 5.74) is 1.79. The number of nitrogens with zero attached hydrogens (tertiary/aromatic N) is 2. The van der Waals surface area contributed by atoms with Gasteiger partial charge in [-0.05, 0) is 37.6 Å². The van der Waals surface area contributed by atoms with Gasteiger partial charge in [0.1, 0.15) is 18.4 Å². The third-order valence-corrected chi connectivity index (χ3v) is 6.56. The van der Waals surface area contributed by atoms with Gasteiger partial charge >= 0.3 is 5.97 Å². The number of aromatic nitrogens is 1. The first-order chi connectivity index (χ1) is 16.5. The zero-order valence-corrected chi connectivity index (χ0v) is 20.2. The Labute approximate surface area is 205 Å². The molecule has 172 valence electrons. The zero-order valence-electron chi connectivity index (χ0n) is 18.6. The summed E-state index contributed by atoms with van der Waals surface area (Å²) in [5.74, 6) is 2.48. The molecular formula is C26H21ClN2O4S. The van der Waals surface area contributed by atoms with Gasteiger partial charge in [-0.1, -0.05) is 65.3 Å². The van der Waals surface area contributed by atoms with Crippen molar-refractivity contribution < 1.29 is 14.3 Å². The monoisotopic (exact) mass is 492 g/mol. The Bertz CT molecular complexity index is 1510. The maximum absolute atomic E-state index is 13.7. The Kier molecular flexibility index (Phi) is 7.01. The number of benzene rings is 2. The van der Waals surface area contributed by atoms with E-state index in [0.717, 1.165) is 0 Å². The van der Waals surface area contributed by atoms with Crippen molar-refractivity contribution in [2.45, 2.75) is 19.9 Å². The minimum atomic E-state index is -0.765. The van der Waals surface area contributed by atoms with Crippen LogP contribution in [0.15, 0.2) is 69.6 Å². The number of para-hydroxylation sites is 1. The Morgan fingerprint density at radius 1 is 1.26 bits per heavy atom. The van der Waals surface area contributed by atoms with E-state index in [1.165, 1.54) is 15.9 Å². The molecule has 0 spiro atoms. The summed E-state index contributed by atoms with van der Waals surface area (Å²) in [4.78, 5) is 31.6. The first-order valence-electron chi connectivity index (χ1n) is 10.6. The molecule has 4 rings (SSSR count). The quantitative estimate of drug-likeness (QED) is 0.390. The second kappa shape index (κ2) is 10.1. The highest BCUT2D eigenvalue weighted by molar-refractivity contribution is 7.07. The van der Waals surface area contributed by atoms with Crippen molar-refractivity contribution in [3.05, 3.63) is 95.6 Å². The molecule has 6 nitrogen and oxygen atoms in total. The highest BCUT2D eigenvalue weighted by Crippen LogP contribution is 2.34. The molecule has 0 aliphatic carbocycles. The second-order valence-electron chi connectivity index (χ2n) is 7.35. The fourth-order valence-electron chi connectivity index (χ4n) is 3.77. The number of allylic oxidation sites excluding steroid dienone is 1. The molecule has 0 radical (unpaired) electrons. The molecule has 0 unspecified atom stereocenters. The predicted octanol–water partition coefficient (Wildman–Crippen LogP) is 3.46. The lowest BCUT2D eigenvalue weighted by atomic mass is 9.96. The van der Waals surface area contributed by atoms with E-state index in [1.807, 2.05) is 24.3 Å². The Morgan fingerprint density at radius 3 is 2.74 bits per heavy atom. The van der Waals surface area contributed by atoms with E-state index >= 15 is 0 Å². The maximum Gasteiger partial charge on any atom is 0.338 e. The van der Waals surface area contributed by atoms with Gasteiger partial charge in [-0.3, -0.25) is 9.36 Å². The van der Waals surface area contributed by atoms with Crippen molar-refractivity contribution in [1.82, 2.24) is 4.57 Å². The first-order valence-corrected chi connectivity index (χ1v) is 11.7. The van der Waals surface area contributed by atoms with Gasteiger partial charge < -0.3 is 9.47 Å². The van der Waals surface area contributed by atoms with Gasteiger partial charge in [0.25, 0.3) is 5.56 Å². The number of hydrogen-bond acceptors (Lipinski definition) is 6. The number of rotatable bonds is 6. The van der Waals surface area contributed by atoms with Gasteiger partial charge in [0.2, 0.25) is 0 Å². The fraction of sp³-hybridized carbons (Fsp3) is 0.192. The summed E-state index contributed by atoms with van der Waals surface area (Å²) in [5, 5.41) is 0.437. The van der Waals surface area contributed by atoms with Crippen molar-refractivity contribution in [3.63, 3.8) is 0 Å². The molecule has 1 aliphatic rings. The van der Waals surface area contributed by atoms with Crippen LogP contribution in [0.2, 0.25) is 5.02 Å². The van der Waals surface area contributed by atoms with Crippen molar-refractivity contribution in [2.75, 3.05) is 13.2 Å². The maximum atomic E-state index is 13.7. The average molecular weight is 493 g/mol. The summed E-state index contributed by atoms with van der Waals surface area (Å²) >= 11 is 7.75. The van der Waals surface area contributed by atoms with Crippen LogP contribution < -0.4 is 19.6 Å². The summed E-state index contributed by atoms with van der Waals surface area (Å²) < 4.78 is 12.9. The number of ether oxygens (including phenoxy) is 2. The van der Waals surface area contributed by atoms with Gasteiger partial charge in [0.15, 0.2) is 4.80 Å². The van der Waals surface area contributed by atoms with Crippen LogP contribution >= 0.6 is 22.9 Å². The van der Waals surface area contributed by atoms with Gasteiger partial charge in [0.05, 0.1) is 22.4 Å². The summed E-state index contributed by atoms with van der Waals surface area (Å²) in [7, 11) is 0. The number of fused-ring (bicyclic) bond motifs is 1. The number of thiazole rings is 1. The average Bonchev–Trinajstić information content (AvgIpc) is 3.12. The molecule has 3 aromatic rings. The number of halogens is 1. The molecule has 2 heterocycles. The van der Waals surface area contributed by atoms with E-state index in [4.69, 9.17) is 27.5 Å². The van der Waals surface area contributed by atoms with Crippen LogP contribution in [0.3, 0.4) is 0 Å². The number of carbonyl (C=O) groups is 1. The summed E-state index contributed by atoms with van der Waals surface area (Å²) in [6.45, 7) is 3.77. The first kappa shape index (κ1) is 23.6. The van der Waals surface area contributed by atoms with Gasteiger partial charge in [-0.25, -0.2) is 9.79 Å². The lowest BCUT2D eigenvalue weighted by Gasteiger charge is -2.25. The van der Waals surface area contributed by atoms with E-state index in [9.17, 15) is 9.59 Å².